The first-order valence-electron chi connectivity index (χ1n) is 7.12. The van der Waals surface area contributed by atoms with Gasteiger partial charge < -0.3 is 15.7 Å². The molecule has 108 valence electrons. The van der Waals surface area contributed by atoms with Crippen LogP contribution in [-0.2, 0) is 17.6 Å². The summed E-state index contributed by atoms with van der Waals surface area (Å²) in [5.41, 5.74) is 3.34. The monoisotopic (exact) mass is 282 g/mol. The highest BCUT2D eigenvalue weighted by atomic mass is 16.3. The molecule has 2 aromatic rings. The van der Waals surface area contributed by atoms with E-state index < -0.39 is 0 Å². The first-order valence-corrected chi connectivity index (χ1v) is 7.12. The molecule has 0 aromatic heterocycles. The van der Waals surface area contributed by atoms with E-state index in [0.717, 1.165) is 24.1 Å². The molecule has 0 radical (unpaired) electrons. The molecule has 4 nitrogen and oxygen atoms in total. The van der Waals surface area contributed by atoms with Gasteiger partial charge in [0.05, 0.1) is 0 Å². The van der Waals surface area contributed by atoms with Crippen LogP contribution in [0.2, 0.25) is 0 Å². The van der Waals surface area contributed by atoms with Crippen molar-refractivity contribution in [2.24, 2.45) is 0 Å². The highest BCUT2D eigenvalue weighted by Crippen LogP contribution is 2.25. The van der Waals surface area contributed by atoms with E-state index in [1.165, 1.54) is 5.56 Å². The Morgan fingerprint density at radius 1 is 1.19 bits per heavy atom. The largest absolute Gasteiger partial charge is 0.508 e. The molecule has 1 aliphatic heterocycles. The molecule has 0 fully saturated rings. The highest BCUT2D eigenvalue weighted by Gasteiger charge is 2.25. The smallest absolute Gasteiger partial charge is 0.242 e. The van der Waals surface area contributed by atoms with E-state index in [1.54, 1.807) is 12.1 Å². The molecule has 0 saturated carbocycles. The quantitative estimate of drug-likeness (QED) is 0.804. The minimum atomic E-state index is -0.179. The summed E-state index contributed by atoms with van der Waals surface area (Å²) in [5, 5.41) is 15.4. The molecule has 21 heavy (non-hydrogen) atoms. The number of anilines is 1. The van der Waals surface area contributed by atoms with Crippen LogP contribution < -0.4 is 10.6 Å². The number of phenols is 1. The van der Waals surface area contributed by atoms with Crippen molar-refractivity contribution in [3.05, 3.63) is 59.7 Å². The van der Waals surface area contributed by atoms with E-state index >= 15 is 0 Å². The summed E-state index contributed by atoms with van der Waals surface area (Å²) in [7, 11) is 0. The van der Waals surface area contributed by atoms with Gasteiger partial charge in [-0.2, -0.15) is 0 Å². The van der Waals surface area contributed by atoms with Crippen LogP contribution in [0, 0.1) is 0 Å². The molecule has 1 atom stereocenters. The molecule has 0 bridgehead atoms. The Kier molecular flexibility index (Phi) is 3.77. The molecule has 0 aliphatic carbocycles. The fraction of sp³-hybridized carbons (Fsp3) is 0.235. The van der Waals surface area contributed by atoms with Gasteiger partial charge >= 0.3 is 0 Å². The van der Waals surface area contributed by atoms with Crippen LogP contribution in [0.3, 0.4) is 0 Å². The van der Waals surface area contributed by atoms with Gasteiger partial charge in [0.15, 0.2) is 0 Å². The molecular weight excluding hydrogens is 264 g/mol. The zero-order valence-electron chi connectivity index (χ0n) is 11.7. The number of aromatic hydroxyl groups is 1. The number of para-hydroxylation sites is 1. The predicted octanol–water partition coefficient (Wildman–Crippen LogP) is 2.09. The van der Waals surface area contributed by atoms with Crippen LogP contribution in [-0.4, -0.2) is 23.6 Å². The summed E-state index contributed by atoms with van der Waals surface area (Å²) in [6.45, 7) is 0.595. The lowest BCUT2D eigenvalue weighted by Gasteiger charge is -2.12. The van der Waals surface area contributed by atoms with Crippen molar-refractivity contribution >= 4 is 11.6 Å². The lowest BCUT2D eigenvalue weighted by Crippen LogP contribution is -2.39. The van der Waals surface area contributed by atoms with E-state index in [9.17, 15) is 9.90 Å². The molecule has 1 amide bonds. The Hall–Kier alpha value is -2.49. The average Bonchev–Trinajstić information content (AvgIpc) is 2.93. The van der Waals surface area contributed by atoms with Gasteiger partial charge in [-0.1, -0.05) is 30.3 Å². The van der Waals surface area contributed by atoms with E-state index in [2.05, 4.69) is 10.6 Å². The normalized spacial score (nSPS) is 16.1. The molecule has 3 N–H and O–H groups in total. The number of benzene rings is 2. The van der Waals surface area contributed by atoms with Gasteiger partial charge in [-0.3, -0.25) is 4.79 Å². The topological polar surface area (TPSA) is 61.4 Å². The van der Waals surface area contributed by atoms with Crippen LogP contribution in [0.15, 0.2) is 48.5 Å². The lowest BCUT2D eigenvalue weighted by atomic mass is 10.1. The van der Waals surface area contributed by atoms with Gasteiger partial charge in [0.1, 0.15) is 11.8 Å². The molecule has 4 heteroatoms. The van der Waals surface area contributed by atoms with Crippen molar-refractivity contribution in [2.45, 2.75) is 18.9 Å². The maximum atomic E-state index is 12.1. The van der Waals surface area contributed by atoms with Gasteiger partial charge in [-0.25, -0.2) is 0 Å². The third-order valence-electron chi connectivity index (χ3n) is 3.74. The van der Waals surface area contributed by atoms with Crippen molar-refractivity contribution < 1.29 is 9.90 Å². The van der Waals surface area contributed by atoms with Gasteiger partial charge in [0.25, 0.3) is 0 Å². The maximum Gasteiger partial charge on any atom is 0.242 e. The number of amides is 1. The Balaban J connectivity index is 1.48. The van der Waals surface area contributed by atoms with E-state index in [-0.39, 0.29) is 17.7 Å². The number of rotatable bonds is 4. The SMILES string of the molecule is O=C(NCCc1ccc(O)cc1)[C@@H]1Cc2ccccc2N1. The minimum Gasteiger partial charge on any atom is -0.508 e. The van der Waals surface area contributed by atoms with Gasteiger partial charge in [0, 0.05) is 18.7 Å². The zero-order chi connectivity index (χ0) is 14.7. The Bertz CT molecular complexity index is 612. The van der Waals surface area contributed by atoms with Gasteiger partial charge in [-0.05, 0) is 35.7 Å². The standard InChI is InChI=1S/C17H18N2O2/c20-14-7-5-12(6-8-14)9-10-18-17(21)16-11-13-3-1-2-4-15(13)19-16/h1-8,16,19-20H,9-11H2,(H,18,21)/t16-/m0/s1. The fourth-order valence-corrected chi connectivity index (χ4v) is 2.57. The molecule has 3 rings (SSSR count). The third-order valence-corrected chi connectivity index (χ3v) is 3.74. The average molecular weight is 282 g/mol. The summed E-state index contributed by atoms with van der Waals surface area (Å²) in [6, 6.07) is 14.9. The third kappa shape index (κ3) is 3.16. The number of fused-ring (bicyclic) bond motifs is 1. The van der Waals surface area contributed by atoms with Gasteiger partial charge in [-0.15, -0.1) is 0 Å². The first kappa shape index (κ1) is 13.5. The Labute approximate surface area is 123 Å². The first-order chi connectivity index (χ1) is 10.2. The van der Waals surface area contributed by atoms with Crippen molar-refractivity contribution in [1.29, 1.82) is 0 Å². The van der Waals surface area contributed by atoms with Gasteiger partial charge in [0.2, 0.25) is 5.91 Å². The molecular formula is C17H18N2O2. The minimum absolute atomic E-state index is 0.0324. The van der Waals surface area contributed by atoms with Crippen LogP contribution in [0.25, 0.3) is 0 Å². The van der Waals surface area contributed by atoms with Crippen LogP contribution in [0.4, 0.5) is 5.69 Å². The van der Waals surface area contributed by atoms with E-state index in [0.29, 0.717) is 6.54 Å². The van der Waals surface area contributed by atoms with E-state index in [1.807, 2.05) is 36.4 Å². The molecule has 0 spiro atoms. The van der Waals surface area contributed by atoms with Crippen LogP contribution >= 0.6 is 0 Å². The number of carbonyl (C=O) groups is 1. The fourth-order valence-electron chi connectivity index (χ4n) is 2.57. The number of nitrogens with one attached hydrogen (secondary N) is 2. The number of hydrogen-bond acceptors (Lipinski definition) is 3. The van der Waals surface area contributed by atoms with E-state index in [4.69, 9.17) is 0 Å². The van der Waals surface area contributed by atoms with Crippen molar-refractivity contribution in [1.82, 2.24) is 5.32 Å². The summed E-state index contributed by atoms with van der Waals surface area (Å²) in [5.74, 6) is 0.292. The molecule has 2 aromatic carbocycles. The Morgan fingerprint density at radius 3 is 2.71 bits per heavy atom. The molecule has 1 aliphatic rings. The second-order valence-corrected chi connectivity index (χ2v) is 5.27. The maximum absolute atomic E-state index is 12.1. The molecule has 1 heterocycles. The lowest BCUT2D eigenvalue weighted by molar-refractivity contribution is -0.121. The van der Waals surface area contributed by atoms with Crippen molar-refractivity contribution in [2.75, 3.05) is 11.9 Å². The highest BCUT2D eigenvalue weighted by molar-refractivity contribution is 5.87. The summed E-state index contributed by atoms with van der Waals surface area (Å²) in [4.78, 5) is 12.1. The van der Waals surface area contributed by atoms with Crippen LogP contribution in [0.1, 0.15) is 11.1 Å². The summed E-state index contributed by atoms with van der Waals surface area (Å²) in [6.07, 6.45) is 1.49. The molecule has 0 unspecified atom stereocenters. The van der Waals surface area contributed by atoms with Crippen molar-refractivity contribution in [3.63, 3.8) is 0 Å². The molecule has 0 saturated heterocycles. The number of carbonyl (C=O) groups excluding carboxylic acids is 1. The van der Waals surface area contributed by atoms with Crippen molar-refractivity contribution in [3.8, 4) is 5.75 Å². The zero-order valence-corrected chi connectivity index (χ0v) is 11.7. The number of hydrogen-bond donors (Lipinski definition) is 3. The number of phenolic OH excluding ortho intramolecular Hbond substituents is 1. The second-order valence-electron chi connectivity index (χ2n) is 5.27. The van der Waals surface area contributed by atoms with Crippen LogP contribution in [0.5, 0.6) is 5.75 Å². The Morgan fingerprint density at radius 2 is 1.95 bits per heavy atom. The predicted molar refractivity (Wildman–Crippen MR) is 82.4 cm³/mol. The summed E-state index contributed by atoms with van der Waals surface area (Å²) >= 11 is 0. The second kappa shape index (κ2) is 5.87. The summed E-state index contributed by atoms with van der Waals surface area (Å²) < 4.78 is 0.